The first kappa shape index (κ1) is 28.5. The molecule has 0 unspecified atom stereocenters. The molecular weight excluding hydrogens is 328 g/mol. The normalized spacial score (nSPS) is 9.16. The average molecular weight is 364 g/mol. The number of hydrogen-bond donors (Lipinski definition) is 2. The number of Topliss-reactive ketones (excluding diaryl/α,β-unsaturated/α-hetero) is 1. The maximum Gasteiger partial charge on any atom is 0.222 e. The standard InChI is InChI=1S/C8H15NO4.C7H15NO2.C2H6/c1-12-6-7-13-5-2-8(11)9-3-4-10;1-3-7(9)6-10-5-4-8-2;1-2/h4H,2-3,5-7H2,1H3,(H,9,11);8H,3-6H2,1-2H3;1-2H3. The van der Waals surface area contributed by atoms with E-state index >= 15 is 0 Å². The molecule has 0 saturated carbocycles. The highest BCUT2D eigenvalue weighted by Crippen LogP contribution is 1.83. The second-order valence-electron chi connectivity index (χ2n) is 4.37. The van der Waals surface area contributed by atoms with E-state index in [1.807, 2.05) is 27.8 Å². The van der Waals surface area contributed by atoms with Crippen molar-refractivity contribution in [1.29, 1.82) is 0 Å². The Bertz CT molecular complexity index is 301. The molecule has 0 aromatic rings. The quantitative estimate of drug-likeness (QED) is 0.343. The van der Waals surface area contributed by atoms with Crippen LogP contribution < -0.4 is 10.6 Å². The molecule has 150 valence electrons. The first-order chi connectivity index (χ1) is 12.1. The average Bonchev–Trinajstić information content (AvgIpc) is 2.65. The van der Waals surface area contributed by atoms with Crippen molar-refractivity contribution in [1.82, 2.24) is 10.6 Å². The van der Waals surface area contributed by atoms with Crippen molar-refractivity contribution in [2.45, 2.75) is 33.6 Å². The summed E-state index contributed by atoms with van der Waals surface area (Å²) in [7, 11) is 3.44. The fraction of sp³-hybridized carbons (Fsp3) is 0.824. The Kier molecular flexibility index (Phi) is 31.3. The molecule has 8 heteroatoms. The molecule has 0 radical (unpaired) electrons. The van der Waals surface area contributed by atoms with Crippen molar-refractivity contribution in [3.05, 3.63) is 0 Å². The highest BCUT2D eigenvalue weighted by molar-refractivity contribution is 5.79. The van der Waals surface area contributed by atoms with Crippen molar-refractivity contribution in [2.75, 3.05) is 60.3 Å². The fourth-order valence-electron chi connectivity index (χ4n) is 1.12. The fourth-order valence-corrected chi connectivity index (χ4v) is 1.12. The molecule has 0 heterocycles. The van der Waals surface area contributed by atoms with E-state index in [1.165, 1.54) is 0 Å². The summed E-state index contributed by atoms with van der Waals surface area (Å²) in [5, 5.41) is 5.33. The first-order valence-corrected chi connectivity index (χ1v) is 8.63. The molecule has 0 aromatic carbocycles. The monoisotopic (exact) mass is 364 g/mol. The Hall–Kier alpha value is -1.35. The maximum absolute atomic E-state index is 10.9. The van der Waals surface area contributed by atoms with Crippen molar-refractivity contribution in [3.63, 3.8) is 0 Å². The second kappa shape index (κ2) is 27.5. The third-order valence-corrected chi connectivity index (χ3v) is 2.44. The molecule has 0 aliphatic heterocycles. The molecule has 0 spiro atoms. The minimum absolute atomic E-state index is 0.0664. The maximum atomic E-state index is 10.9. The molecule has 0 atom stereocenters. The Morgan fingerprint density at radius 1 is 1.04 bits per heavy atom. The Labute approximate surface area is 152 Å². The zero-order chi connectivity index (χ0) is 19.8. The van der Waals surface area contributed by atoms with E-state index in [0.29, 0.717) is 39.1 Å². The smallest absolute Gasteiger partial charge is 0.222 e. The Morgan fingerprint density at radius 2 is 1.72 bits per heavy atom. The minimum atomic E-state index is -0.176. The summed E-state index contributed by atoms with van der Waals surface area (Å²) in [6.07, 6.45) is 1.49. The SMILES string of the molecule is CC.CCC(=O)COCCNC.COCCOCCC(=O)NCC=O. The molecule has 1 amide bonds. The number of amides is 1. The van der Waals surface area contributed by atoms with Crippen LogP contribution in [0.3, 0.4) is 0 Å². The highest BCUT2D eigenvalue weighted by atomic mass is 16.5. The number of ketones is 1. The first-order valence-electron chi connectivity index (χ1n) is 8.63. The van der Waals surface area contributed by atoms with Gasteiger partial charge in [-0.05, 0) is 7.05 Å². The molecule has 0 saturated heterocycles. The van der Waals surface area contributed by atoms with Crippen LogP contribution in [0.25, 0.3) is 0 Å². The summed E-state index contributed by atoms with van der Waals surface area (Å²) in [6.45, 7) is 8.94. The summed E-state index contributed by atoms with van der Waals surface area (Å²) in [4.78, 5) is 31.3. The second-order valence-corrected chi connectivity index (χ2v) is 4.37. The van der Waals surface area contributed by atoms with Gasteiger partial charge in [-0.15, -0.1) is 0 Å². The van der Waals surface area contributed by atoms with E-state index in [1.54, 1.807) is 7.11 Å². The van der Waals surface area contributed by atoms with E-state index in [4.69, 9.17) is 14.2 Å². The molecule has 0 aromatic heterocycles. The number of methoxy groups -OCH3 is 1. The summed E-state index contributed by atoms with van der Waals surface area (Å²) < 4.78 is 14.8. The number of carbonyl (C=O) groups is 3. The summed E-state index contributed by atoms with van der Waals surface area (Å²) in [5.41, 5.74) is 0. The third kappa shape index (κ3) is 31.0. The van der Waals surface area contributed by atoms with Crippen LogP contribution in [0, 0.1) is 0 Å². The lowest BCUT2D eigenvalue weighted by Gasteiger charge is -2.02. The van der Waals surface area contributed by atoms with Gasteiger partial charge in [-0.2, -0.15) is 0 Å². The van der Waals surface area contributed by atoms with Gasteiger partial charge in [0.1, 0.15) is 12.9 Å². The van der Waals surface area contributed by atoms with Crippen LogP contribution in [-0.2, 0) is 28.6 Å². The summed E-state index contributed by atoms with van der Waals surface area (Å²) in [6, 6.07) is 0. The number of hydrogen-bond acceptors (Lipinski definition) is 7. The Morgan fingerprint density at radius 3 is 2.24 bits per heavy atom. The van der Waals surface area contributed by atoms with Gasteiger partial charge in [0.05, 0.1) is 33.0 Å². The predicted molar refractivity (Wildman–Crippen MR) is 97.8 cm³/mol. The van der Waals surface area contributed by atoms with Crippen LogP contribution in [0.4, 0.5) is 0 Å². The van der Waals surface area contributed by atoms with E-state index in [0.717, 1.165) is 6.54 Å². The minimum Gasteiger partial charge on any atom is -0.382 e. The predicted octanol–water partition coefficient (Wildman–Crippen LogP) is 0.582. The molecule has 0 aliphatic carbocycles. The van der Waals surface area contributed by atoms with E-state index in [2.05, 4.69) is 10.6 Å². The molecule has 0 aliphatic rings. The lowest BCUT2D eigenvalue weighted by molar-refractivity contribution is -0.124. The number of carbonyl (C=O) groups excluding carboxylic acids is 3. The van der Waals surface area contributed by atoms with Crippen LogP contribution in [0.2, 0.25) is 0 Å². The van der Waals surface area contributed by atoms with Crippen LogP contribution in [0.15, 0.2) is 0 Å². The number of nitrogens with one attached hydrogen (secondary N) is 2. The van der Waals surface area contributed by atoms with Crippen LogP contribution in [-0.4, -0.2) is 78.3 Å². The molecule has 25 heavy (non-hydrogen) atoms. The van der Waals surface area contributed by atoms with Crippen molar-refractivity contribution >= 4 is 18.0 Å². The topological polar surface area (TPSA) is 103 Å². The number of likely N-dealkylation sites (N-methyl/N-ethyl adjacent to an activating group) is 1. The zero-order valence-electron chi connectivity index (χ0n) is 16.4. The van der Waals surface area contributed by atoms with Gasteiger partial charge in [-0.3, -0.25) is 9.59 Å². The van der Waals surface area contributed by atoms with E-state index < -0.39 is 0 Å². The molecule has 0 bridgehead atoms. The molecule has 2 N–H and O–H groups in total. The van der Waals surface area contributed by atoms with Gasteiger partial charge in [0.25, 0.3) is 0 Å². The van der Waals surface area contributed by atoms with Crippen LogP contribution >= 0.6 is 0 Å². The zero-order valence-corrected chi connectivity index (χ0v) is 16.4. The summed E-state index contributed by atoms with van der Waals surface area (Å²) in [5.74, 6) is -0.0133. The lowest BCUT2D eigenvalue weighted by atomic mass is 10.3. The van der Waals surface area contributed by atoms with Crippen LogP contribution in [0.5, 0.6) is 0 Å². The van der Waals surface area contributed by atoms with Gasteiger partial charge in [0.15, 0.2) is 5.78 Å². The van der Waals surface area contributed by atoms with Gasteiger partial charge >= 0.3 is 0 Å². The number of ether oxygens (including phenoxy) is 3. The van der Waals surface area contributed by atoms with Gasteiger partial charge < -0.3 is 29.6 Å². The van der Waals surface area contributed by atoms with E-state index in [-0.39, 0.29) is 31.3 Å². The van der Waals surface area contributed by atoms with Crippen molar-refractivity contribution in [2.24, 2.45) is 0 Å². The van der Waals surface area contributed by atoms with Gasteiger partial charge in [-0.25, -0.2) is 0 Å². The number of rotatable bonds is 14. The van der Waals surface area contributed by atoms with Crippen LogP contribution in [0.1, 0.15) is 33.6 Å². The molecule has 8 nitrogen and oxygen atoms in total. The number of aldehydes is 1. The van der Waals surface area contributed by atoms with Gasteiger partial charge in [0.2, 0.25) is 5.91 Å². The van der Waals surface area contributed by atoms with E-state index in [9.17, 15) is 14.4 Å². The lowest BCUT2D eigenvalue weighted by Crippen LogP contribution is -2.26. The summed E-state index contributed by atoms with van der Waals surface area (Å²) >= 11 is 0. The van der Waals surface area contributed by atoms with Crippen molar-refractivity contribution < 1.29 is 28.6 Å². The molecule has 0 rings (SSSR count). The van der Waals surface area contributed by atoms with Gasteiger partial charge in [-0.1, -0.05) is 20.8 Å². The third-order valence-electron chi connectivity index (χ3n) is 2.44. The molecular formula is C17H36N2O6. The van der Waals surface area contributed by atoms with Crippen molar-refractivity contribution in [3.8, 4) is 0 Å². The highest BCUT2D eigenvalue weighted by Gasteiger charge is 1.98. The molecule has 0 fully saturated rings. The van der Waals surface area contributed by atoms with Gasteiger partial charge in [0, 0.05) is 26.5 Å². The Balaban J connectivity index is -0.000000362. The largest absolute Gasteiger partial charge is 0.382 e.